The summed E-state index contributed by atoms with van der Waals surface area (Å²) in [6.07, 6.45) is 3.58. The van der Waals surface area contributed by atoms with Crippen molar-refractivity contribution in [1.82, 2.24) is 9.29 Å². The van der Waals surface area contributed by atoms with Gasteiger partial charge in [0.15, 0.2) is 0 Å². The average Bonchev–Trinajstić information content (AvgIpc) is 3.29. The summed E-state index contributed by atoms with van der Waals surface area (Å²) in [6.45, 7) is 3.35. The van der Waals surface area contributed by atoms with Crippen LogP contribution in [0.15, 0.2) is 63.9 Å². The van der Waals surface area contributed by atoms with E-state index in [1.165, 1.54) is 11.3 Å². The van der Waals surface area contributed by atoms with Crippen LogP contribution in [0.2, 0.25) is 0 Å². The smallest absolute Gasteiger partial charge is 0.243 e. The van der Waals surface area contributed by atoms with E-state index >= 15 is 0 Å². The molecule has 174 valence electrons. The molecule has 1 fully saturated rings. The molecule has 1 saturated heterocycles. The Morgan fingerprint density at radius 2 is 1.76 bits per heavy atom. The highest BCUT2D eigenvalue weighted by Crippen LogP contribution is 2.28. The summed E-state index contributed by atoms with van der Waals surface area (Å²) in [7, 11) is 0.569. The molecule has 2 heterocycles. The van der Waals surface area contributed by atoms with Crippen molar-refractivity contribution in [2.24, 2.45) is 11.0 Å². The topological polar surface area (TPSA) is 77.9 Å². The van der Waals surface area contributed by atoms with Crippen molar-refractivity contribution in [3.63, 3.8) is 0 Å². The van der Waals surface area contributed by atoms with E-state index in [9.17, 15) is 8.42 Å². The lowest BCUT2D eigenvalue weighted by Crippen LogP contribution is -2.37. The second-order valence-corrected chi connectivity index (χ2v) is 11.3. The van der Waals surface area contributed by atoms with Crippen LogP contribution < -0.4 is 10.3 Å². The van der Waals surface area contributed by atoms with Crippen molar-refractivity contribution in [2.45, 2.75) is 24.7 Å². The Morgan fingerprint density at radius 3 is 2.39 bits per heavy atom. The number of rotatable bonds is 7. The molecule has 33 heavy (non-hydrogen) atoms. The van der Waals surface area contributed by atoms with Gasteiger partial charge in [-0.3, -0.25) is 5.43 Å². The summed E-state index contributed by atoms with van der Waals surface area (Å²) < 4.78 is 27.4. The van der Waals surface area contributed by atoms with Gasteiger partial charge >= 0.3 is 0 Å². The van der Waals surface area contributed by atoms with Crippen LogP contribution in [0.3, 0.4) is 0 Å². The Hall–Kier alpha value is -2.75. The van der Waals surface area contributed by atoms with Gasteiger partial charge in [-0.25, -0.2) is 13.4 Å². The Kier molecular flexibility index (Phi) is 7.11. The van der Waals surface area contributed by atoms with Gasteiger partial charge in [0, 0.05) is 43.8 Å². The van der Waals surface area contributed by atoms with E-state index < -0.39 is 10.0 Å². The maximum absolute atomic E-state index is 12.9. The summed E-state index contributed by atoms with van der Waals surface area (Å²) in [5.41, 5.74) is 6.74. The molecule has 0 aliphatic carbocycles. The highest BCUT2D eigenvalue weighted by molar-refractivity contribution is 7.89. The molecule has 1 N–H and O–H groups in total. The lowest BCUT2D eigenvalue weighted by molar-refractivity contribution is 0.288. The lowest BCUT2D eigenvalue weighted by atomic mass is 10.0. The predicted octanol–water partition coefficient (Wildman–Crippen LogP) is 4.74. The second-order valence-electron chi connectivity index (χ2n) is 8.50. The SMILES string of the molecule is CC1CCN(S(=O)(=O)c2ccc(-c3csc(NN=Cc4ccc(N(C)C)cc4)n3)cc2)CC1. The van der Waals surface area contributed by atoms with Crippen molar-refractivity contribution < 1.29 is 8.42 Å². The third-order valence-corrected chi connectivity index (χ3v) is 8.48. The normalized spacial score (nSPS) is 15.7. The van der Waals surface area contributed by atoms with Crippen LogP contribution in [0, 0.1) is 5.92 Å². The minimum atomic E-state index is -3.44. The molecule has 0 unspecified atom stereocenters. The molecular formula is C24H29N5O2S2. The number of hydrogen-bond donors (Lipinski definition) is 1. The first-order chi connectivity index (χ1) is 15.8. The Labute approximate surface area is 199 Å². The van der Waals surface area contributed by atoms with Crippen molar-refractivity contribution in [1.29, 1.82) is 0 Å². The highest BCUT2D eigenvalue weighted by atomic mass is 32.2. The number of sulfonamides is 1. The van der Waals surface area contributed by atoms with Crippen LogP contribution in [0.5, 0.6) is 0 Å². The van der Waals surface area contributed by atoms with Crippen LogP contribution in [-0.2, 0) is 10.0 Å². The molecule has 9 heteroatoms. The Balaban J connectivity index is 1.39. The molecule has 1 aliphatic heterocycles. The number of nitrogens with zero attached hydrogens (tertiary/aromatic N) is 4. The molecule has 0 atom stereocenters. The molecule has 0 radical (unpaired) electrons. The summed E-state index contributed by atoms with van der Waals surface area (Å²) >= 11 is 1.45. The number of anilines is 2. The number of benzene rings is 2. The van der Waals surface area contributed by atoms with Crippen LogP contribution in [0.25, 0.3) is 11.3 Å². The molecule has 2 aromatic carbocycles. The molecule has 4 rings (SSSR count). The van der Waals surface area contributed by atoms with Gasteiger partial charge < -0.3 is 4.90 Å². The van der Waals surface area contributed by atoms with Crippen molar-refractivity contribution in [3.8, 4) is 11.3 Å². The van der Waals surface area contributed by atoms with Crippen LogP contribution >= 0.6 is 11.3 Å². The molecule has 0 saturated carbocycles. The van der Waals surface area contributed by atoms with Crippen molar-refractivity contribution in [3.05, 3.63) is 59.5 Å². The number of piperidine rings is 1. The molecular weight excluding hydrogens is 454 g/mol. The zero-order valence-electron chi connectivity index (χ0n) is 19.1. The van der Waals surface area contributed by atoms with Gasteiger partial charge in [0.1, 0.15) is 0 Å². The molecule has 0 spiro atoms. The minimum absolute atomic E-state index is 0.333. The van der Waals surface area contributed by atoms with Gasteiger partial charge in [-0.1, -0.05) is 31.2 Å². The molecule has 0 amide bonds. The van der Waals surface area contributed by atoms with Gasteiger partial charge in [0.2, 0.25) is 15.2 Å². The van der Waals surface area contributed by atoms with Gasteiger partial charge in [0.25, 0.3) is 0 Å². The minimum Gasteiger partial charge on any atom is -0.378 e. The average molecular weight is 484 g/mol. The van der Waals surface area contributed by atoms with Crippen LogP contribution in [0.1, 0.15) is 25.3 Å². The van der Waals surface area contributed by atoms with E-state index in [0.29, 0.717) is 29.0 Å². The molecule has 1 aromatic heterocycles. The maximum Gasteiger partial charge on any atom is 0.243 e. The summed E-state index contributed by atoms with van der Waals surface area (Å²) in [6, 6.07) is 15.1. The zero-order chi connectivity index (χ0) is 23.4. The third-order valence-electron chi connectivity index (χ3n) is 5.82. The summed E-state index contributed by atoms with van der Waals surface area (Å²) in [5.74, 6) is 0.583. The fourth-order valence-corrected chi connectivity index (χ4v) is 5.79. The molecule has 7 nitrogen and oxygen atoms in total. The van der Waals surface area contributed by atoms with Gasteiger partial charge in [-0.2, -0.15) is 9.41 Å². The monoisotopic (exact) mass is 483 g/mol. The number of hydrogen-bond acceptors (Lipinski definition) is 7. The fourth-order valence-electron chi connectivity index (χ4n) is 3.65. The third kappa shape index (κ3) is 5.61. The first kappa shape index (κ1) is 23.4. The molecule has 0 bridgehead atoms. The van der Waals surface area contributed by atoms with Crippen molar-refractivity contribution in [2.75, 3.05) is 37.5 Å². The van der Waals surface area contributed by atoms with Crippen LogP contribution in [0.4, 0.5) is 10.8 Å². The summed E-state index contributed by atoms with van der Waals surface area (Å²) in [4.78, 5) is 6.95. The van der Waals surface area contributed by atoms with Gasteiger partial charge in [0.05, 0.1) is 16.8 Å². The zero-order valence-corrected chi connectivity index (χ0v) is 20.7. The van der Waals surface area contributed by atoms with E-state index in [2.05, 4.69) is 22.4 Å². The largest absolute Gasteiger partial charge is 0.378 e. The standard InChI is InChI=1S/C24H29N5O2S2/c1-18-12-14-29(15-13-18)33(30,31)22-10-6-20(7-11-22)23-17-32-24(26-23)27-25-16-19-4-8-21(9-5-19)28(2)3/h4-11,16-18H,12-15H2,1-3H3,(H,26,27). The quantitative estimate of drug-likeness (QED) is 0.388. The highest BCUT2D eigenvalue weighted by Gasteiger charge is 2.27. The van der Waals surface area contributed by atoms with Crippen molar-refractivity contribution >= 4 is 38.4 Å². The molecule has 1 aliphatic rings. The predicted molar refractivity (Wildman–Crippen MR) is 137 cm³/mol. The lowest BCUT2D eigenvalue weighted by Gasteiger charge is -2.29. The Morgan fingerprint density at radius 1 is 1.09 bits per heavy atom. The first-order valence-electron chi connectivity index (χ1n) is 11.0. The van der Waals surface area contributed by atoms with Crippen LogP contribution in [-0.4, -0.2) is 51.1 Å². The van der Waals surface area contributed by atoms with E-state index in [4.69, 9.17) is 0 Å². The number of hydrazone groups is 1. The Bertz CT molecular complexity index is 1190. The summed E-state index contributed by atoms with van der Waals surface area (Å²) in [5, 5.41) is 6.87. The molecule has 3 aromatic rings. The first-order valence-corrected chi connectivity index (χ1v) is 13.3. The van der Waals surface area contributed by atoms with Gasteiger partial charge in [-0.15, -0.1) is 11.3 Å². The fraction of sp³-hybridized carbons (Fsp3) is 0.333. The van der Waals surface area contributed by atoms with E-state index in [1.807, 2.05) is 60.8 Å². The maximum atomic E-state index is 12.9. The number of thiazole rings is 1. The van der Waals surface area contributed by atoms with Gasteiger partial charge in [-0.05, 0) is 48.6 Å². The number of aromatic nitrogens is 1. The second kappa shape index (κ2) is 10.0. The van der Waals surface area contributed by atoms with E-state index in [0.717, 1.165) is 35.3 Å². The van der Waals surface area contributed by atoms with E-state index in [-0.39, 0.29) is 0 Å². The number of nitrogens with one attached hydrogen (secondary N) is 1. The van der Waals surface area contributed by atoms with E-state index in [1.54, 1.807) is 22.7 Å².